The van der Waals surface area contributed by atoms with Crippen LogP contribution in [0.15, 0.2) is 12.4 Å². The van der Waals surface area contributed by atoms with Crippen molar-refractivity contribution in [2.45, 2.75) is 19.1 Å². The zero-order chi connectivity index (χ0) is 12.7. The van der Waals surface area contributed by atoms with Crippen molar-refractivity contribution in [3.63, 3.8) is 0 Å². The first-order valence-electron chi connectivity index (χ1n) is 4.64. The van der Waals surface area contributed by atoms with Crippen LogP contribution in [0, 0.1) is 0 Å². The summed E-state index contributed by atoms with van der Waals surface area (Å²) in [6.07, 6.45) is 3.01. The number of aromatic nitrogens is 2. The number of imidazole rings is 1. The average molecular weight is 231 g/mol. The molecular formula is C9H17N3O4. The Balaban J connectivity index is 0.000000293. The molecule has 0 aliphatic rings. The maximum atomic E-state index is 9.65. The van der Waals surface area contributed by atoms with Crippen molar-refractivity contribution < 1.29 is 20.1 Å². The van der Waals surface area contributed by atoms with E-state index in [0.717, 1.165) is 0 Å². The van der Waals surface area contributed by atoms with Crippen molar-refractivity contribution >= 4 is 5.97 Å². The SMILES string of the molecule is CC(O)c1nccn1C.NC(CO)C(=O)O. The van der Waals surface area contributed by atoms with E-state index in [-0.39, 0.29) is 0 Å². The summed E-state index contributed by atoms with van der Waals surface area (Å²) in [6.45, 7) is 1.19. The number of aliphatic carboxylic acids is 1. The number of carboxylic acid groups (broad SMARTS) is 1. The molecule has 1 heterocycles. The van der Waals surface area contributed by atoms with Gasteiger partial charge in [0, 0.05) is 19.4 Å². The Morgan fingerprint density at radius 2 is 2.25 bits per heavy atom. The van der Waals surface area contributed by atoms with Gasteiger partial charge < -0.3 is 25.6 Å². The molecule has 0 saturated heterocycles. The Bertz CT molecular complexity index is 324. The van der Waals surface area contributed by atoms with Crippen LogP contribution in [0.4, 0.5) is 0 Å². The summed E-state index contributed by atoms with van der Waals surface area (Å²) in [5.74, 6) is -0.475. The summed E-state index contributed by atoms with van der Waals surface area (Å²) >= 11 is 0. The normalized spacial score (nSPS) is 13.6. The van der Waals surface area contributed by atoms with E-state index >= 15 is 0 Å². The minimum absolute atomic E-state index is 0.468. The summed E-state index contributed by atoms with van der Waals surface area (Å²) in [6, 6.07) is -1.13. The molecule has 7 nitrogen and oxygen atoms in total. The van der Waals surface area contributed by atoms with Crippen LogP contribution in [0.3, 0.4) is 0 Å². The van der Waals surface area contributed by atoms with Crippen LogP contribution in [-0.2, 0) is 11.8 Å². The summed E-state index contributed by atoms with van der Waals surface area (Å²) in [4.78, 5) is 13.6. The second-order valence-corrected chi connectivity index (χ2v) is 3.20. The van der Waals surface area contributed by atoms with Gasteiger partial charge in [0.25, 0.3) is 0 Å². The molecule has 16 heavy (non-hydrogen) atoms. The highest BCUT2D eigenvalue weighted by atomic mass is 16.4. The molecule has 0 aliphatic heterocycles. The van der Waals surface area contributed by atoms with Gasteiger partial charge in [0.05, 0.1) is 6.61 Å². The lowest BCUT2D eigenvalue weighted by Gasteiger charge is -2.01. The maximum Gasteiger partial charge on any atom is 0.322 e. The fraction of sp³-hybridized carbons (Fsp3) is 0.556. The van der Waals surface area contributed by atoms with Gasteiger partial charge in [-0.05, 0) is 6.92 Å². The van der Waals surface area contributed by atoms with E-state index in [9.17, 15) is 4.79 Å². The molecule has 1 aromatic rings. The van der Waals surface area contributed by atoms with Crippen LogP contribution in [-0.4, -0.2) is 43.5 Å². The molecular weight excluding hydrogens is 214 g/mol. The van der Waals surface area contributed by atoms with Crippen LogP contribution in [0.2, 0.25) is 0 Å². The fourth-order valence-corrected chi connectivity index (χ4v) is 0.858. The third kappa shape index (κ3) is 4.87. The van der Waals surface area contributed by atoms with Crippen LogP contribution in [0.25, 0.3) is 0 Å². The van der Waals surface area contributed by atoms with Crippen molar-refractivity contribution in [1.29, 1.82) is 0 Å². The molecule has 1 aromatic heterocycles. The van der Waals surface area contributed by atoms with E-state index in [4.69, 9.17) is 21.1 Å². The number of rotatable bonds is 3. The van der Waals surface area contributed by atoms with Gasteiger partial charge >= 0.3 is 5.97 Å². The Morgan fingerprint density at radius 1 is 1.69 bits per heavy atom. The van der Waals surface area contributed by atoms with Gasteiger partial charge in [-0.3, -0.25) is 4.79 Å². The second kappa shape index (κ2) is 6.94. The third-order valence-corrected chi connectivity index (χ3v) is 1.75. The van der Waals surface area contributed by atoms with E-state index < -0.39 is 24.7 Å². The van der Waals surface area contributed by atoms with Gasteiger partial charge in [-0.1, -0.05) is 0 Å². The fourth-order valence-electron chi connectivity index (χ4n) is 0.858. The van der Waals surface area contributed by atoms with Gasteiger partial charge in [0.15, 0.2) is 0 Å². The monoisotopic (exact) mass is 231 g/mol. The summed E-state index contributed by atoms with van der Waals surface area (Å²) < 4.78 is 1.80. The first kappa shape index (κ1) is 14.6. The van der Waals surface area contributed by atoms with Crippen molar-refractivity contribution in [1.82, 2.24) is 9.55 Å². The van der Waals surface area contributed by atoms with Gasteiger partial charge in [-0.2, -0.15) is 0 Å². The smallest absolute Gasteiger partial charge is 0.322 e. The number of aliphatic hydroxyl groups is 2. The number of aliphatic hydroxyl groups excluding tert-OH is 2. The van der Waals surface area contributed by atoms with E-state index in [0.29, 0.717) is 5.82 Å². The zero-order valence-corrected chi connectivity index (χ0v) is 9.24. The summed E-state index contributed by atoms with van der Waals surface area (Å²) in [5, 5.41) is 24.9. The predicted octanol–water partition coefficient (Wildman–Crippen LogP) is -1.14. The molecule has 5 N–H and O–H groups in total. The highest BCUT2D eigenvalue weighted by molar-refractivity contribution is 5.73. The topological polar surface area (TPSA) is 122 Å². The summed E-state index contributed by atoms with van der Waals surface area (Å²) in [7, 11) is 1.86. The maximum absolute atomic E-state index is 9.65. The molecule has 0 radical (unpaired) electrons. The molecule has 0 spiro atoms. The largest absolute Gasteiger partial charge is 0.480 e. The van der Waals surface area contributed by atoms with Gasteiger partial charge in [0.1, 0.15) is 18.0 Å². The Labute approximate surface area is 93.1 Å². The first-order valence-corrected chi connectivity index (χ1v) is 4.64. The van der Waals surface area contributed by atoms with E-state index in [1.165, 1.54) is 0 Å². The number of carbonyl (C=O) groups is 1. The van der Waals surface area contributed by atoms with Gasteiger partial charge in [0.2, 0.25) is 0 Å². The molecule has 0 amide bonds. The Morgan fingerprint density at radius 3 is 2.38 bits per heavy atom. The van der Waals surface area contributed by atoms with Crippen LogP contribution >= 0.6 is 0 Å². The van der Waals surface area contributed by atoms with Crippen molar-refractivity contribution in [2.24, 2.45) is 12.8 Å². The van der Waals surface area contributed by atoms with E-state index in [1.54, 1.807) is 17.7 Å². The van der Waals surface area contributed by atoms with E-state index in [1.807, 2.05) is 13.2 Å². The minimum Gasteiger partial charge on any atom is -0.480 e. The van der Waals surface area contributed by atoms with Crippen LogP contribution < -0.4 is 5.73 Å². The number of nitrogens with zero attached hydrogens (tertiary/aromatic N) is 2. The minimum atomic E-state index is -1.18. The quantitative estimate of drug-likeness (QED) is 0.522. The first-order chi connectivity index (χ1) is 7.40. The molecule has 0 aliphatic carbocycles. The average Bonchev–Trinajstić information content (AvgIpc) is 2.64. The lowest BCUT2D eigenvalue weighted by molar-refractivity contribution is -0.139. The molecule has 0 aromatic carbocycles. The number of hydrogen-bond donors (Lipinski definition) is 4. The lowest BCUT2D eigenvalue weighted by atomic mass is 10.3. The third-order valence-electron chi connectivity index (χ3n) is 1.75. The highest BCUT2D eigenvalue weighted by Crippen LogP contribution is 2.05. The van der Waals surface area contributed by atoms with Crippen LogP contribution in [0.1, 0.15) is 18.9 Å². The highest BCUT2D eigenvalue weighted by Gasteiger charge is 2.07. The van der Waals surface area contributed by atoms with Crippen molar-refractivity contribution in [3.05, 3.63) is 18.2 Å². The second-order valence-electron chi connectivity index (χ2n) is 3.20. The standard InChI is InChI=1S/C6H10N2O.C3H7NO3/c1-5(9)6-7-3-4-8(6)2;4-2(1-5)3(6)7/h3-5,9H,1-2H3;2,5H,1,4H2,(H,6,7). The zero-order valence-electron chi connectivity index (χ0n) is 9.24. The predicted molar refractivity (Wildman–Crippen MR) is 56.5 cm³/mol. The molecule has 7 heteroatoms. The van der Waals surface area contributed by atoms with Crippen molar-refractivity contribution in [2.75, 3.05) is 6.61 Å². The van der Waals surface area contributed by atoms with Gasteiger partial charge in [-0.15, -0.1) is 0 Å². The summed E-state index contributed by atoms with van der Waals surface area (Å²) in [5.41, 5.74) is 4.77. The number of nitrogens with two attached hydrogens (primary N) is 1. The molecule has 0 bridgehead atoms. The molecule has 2 atom stereocenters. The lowest BCUT2D eigenvalue weighted by Crippen LogP contribution is -2.33. The molecule has 1 rings (SSSR count). The molecule has 0 fully saturated rings. The van der Waals surface area contributed by atoms with Gasteiger partial charge in [-0.25, -0.2) is 4.98 Å². The molecule has 2 unspecified atom stereocenters. The Hall–Kier alpha value is -1.44. The number of aryl methyl sites for hydroxylation is 1. The van der Waals surface area contributed by atoms with E-state index in [2.05, 4.69) is 4.98 Å². The number of carboxylic acids is 1. The Kier molecular flexibility index (Phi) is 6.31. The molecule has 92 valence electrons. The number of hydrogen-bond acceptors (Lipinski definition) is 5. The van der Waals surface area contributed by atoms with Crippen molar-refractivity contribution in [3.8, 4) is 0 Å². The molecule has 0 saturated carbocycles. The van der Waals surface area contributed by atoms with Crippen LogP contribution in [0.5, 0.6) is 0 Å².